The maximum Gasteiger partial charge on any atom is 0.238 e. The molecule has 15 heavy (non-hydrogen) atoms. The lowest BCUT2D eigenvalue weighted by Gasteiger charge is -2.18. The number of nitrogens with zero attached hydrogens (tertiary/aromatic N) is 2. The highest BCUT2D eigenvalue weighted by molar-refractivity contribution is 5.21. The number of hydrogen-bond donors (Lipinski definition) is 2. The number of hydrogen-bond acceptors (Lipinski definition) is 5. The van der Waals surface area contributed by atoms with Crippen molar-refractivity contribution in [2.24, 2.45) is 0 Å². The van der Waals surface area contributed by atoms with E-state index in [2.05, 4.69) is 15.3 Å². The number of rotatable bonds is 3. The van der Waals surface area contributed by atoms with Crippen LogP contribution in [0.4, 0.5) is 0 Å². The van der Waals surface area contributed by atoms with E-state index in [0.29, 0.717) is 11.6 Å². The Kier molecular flexibility index (Phi) is 3.13. The van der Waals surface area contributed by atoms with Gasteiger partial charge in [0.05, 0.1) is 7.11 Å². The van der Waals surface area contributed by atoms with Gasteiger partial charge in [-0.15, -0.1) is 0 Å². The molecule has 0 aliphatic carbocycles. The van der Waals surface area contributed by atoms with Gasteiger partial charge in [0.2, 0.25) is 5.88 Å². The van der Waals surface area contributed by atoms with E-state index in [1.54, 1.807) is 12.4 Å². The van der Waals surface area contributed by atoms with Gasteiger partial charge in [0.15, 0.2) is 0 Å². The Bertz CT molecular complexity index is 326. The van der Waals surface area contributed by atoms with E-state index in [9.17, 15) is 5.11 Å². The molecule has 0 radical (unpaired) electrons. The number of ether oxygens (including phenoxy) is 1. The van der Waals surface area contributed by atoms with Crippen LogP contribution in [0.5, 0.6) is 5.88 Å². The summed E-state index contributed by atoms with van der Waals surface area (Å²) in [5, 5.41) is 13.3. The van der Waals surface area contributed by atoms with Crippen molar-refractivity contribution in [3.8, 4) is 5.88 Å². The zero-order valence-corrected chi connectivity index (χ0v) is 8.68. The van der Waals surface area contributed by atoms with Crippen LogP contribution in [-0.4, -0.2) is 34.8 Å². The quantitative estimate of drug-likeness (QED) is 0.748. The fourth-order valence-corrected chi connectivity index (χ4v) is 1.87. The fourth-order valence-electron chi connectivity index (χ4n) is 1.87. The third-order valence-corrected chi connectivity index (χ3v) is 2.64. The van der Waals surface area contributed by atoms with Crippen molar-refractivity contribution in [2.75, 3.05) is 13.7 Å². The van der Waals surface area contributed by atoms with Crippen LogP contribution in [0, 0.1) is 0 Å². The molecule has 2 rings (SSSR count). The Balaban J connectivity index is 2.19. The molecule has 82 valence electrons. The van der Waals surface area contributed by atoms with Crippen LogP contribution < -0.4 is 10.1 Å². The summed E-state index contributed by atoms with van der Waals surface area (Å²) in [5.41, 5.74) is 0.513. The molecule has 1 aliphatic heterocycles. The molecule has 1 saturated heterocycles. The summed E-state index contributed by atoms with van der Waals surface area (Å²) in [6.45, 7) is 0.949. The van der Waals surface area contributed by atoms with E-state index >= 15 is 0 Å². The summed E-state index contributed by atoms with van der Waals surface area (Å²) in [6.07, 6.45) is 4.52. The fraction of sp³-hybridized carbons (Fsp3) is 0.600. The largest absolute Gasteiger partial charge is 0.480 e. The maximum absolute atomic E-state index is 10.1. The maximum atomic E-state index is 10.1. The van der Waals surface area contributed by atoms with Crippen molar-refractivity contribution < 1.29 is 9.84 Å². The van der Waals surface area contributed by atoms with Crippen molar-refractivity contribution >= 4 is 0 Å². The van der Waals surface area contributed by atoms with Gasteiger partial charge >= 0.3 is 0 Å². The first-order valence-corrected chi connectivity index (χ1v) is 5.09. The standard InChI is InChI=1S/C10H15N3O2/c1-15-10-8(12-5-6-13-10)9(14)7-3-2-4-11-7/h5-7,9,11,14H,2-4H2,1H3. The predicted octanol–water partition coefficient (Wildman–Crippen LogP) is 0.271. The highest BCUT2D eigenvalue weighted by Gasteiger charge is 2.27. The van der Waals surface area contributed by atoms with E-state index in [-0.39, 0.29) is 6.04 Å². The topological polar surface area (TPSA) is 67.3 Å². The molecule has 2 unspecified atom stereocenters. The predicted molar refractivity (Wildman–Crippen MR) is 54.6 cm³/mol. The number of methoxy groups -OCH3 is 1. The first kappa shape index (κ1) is 10.3. The van der Waals surface area contributed by atoms with E-state index in [1.165, 1.54) is 7.11 Å². The lowest BCUT2D eigenvalue weighted by atomic mass is 10.1. The van der Waals surface area contributed by atoms with Gasteiger partial charge in [-0.05, 0) is 19.4 Å². The van der Waals surface area contributed by atoms with Crippen LogP contribution in [-0.2, 0) is 0 Å². The van der Waals surface area contributed by atoms with Gasteiger partial charge in [-0.3, -0.25) is 4.98 Å². The number of aliphatic hydroxyl groups is 1. The second-order valence-corrected chi connectivity index (χ2v) is 3.60. The summed E-state index contributed by atoms with van der Waals surface area (Å²) < 4.78 is 5.06. The zero-order chi connectivity index (χ0) is 10.7. The Labute approximate surface area is 88.5 Å². The first-order valence-electron chi connectivity index (χ1n) is 5.09. The van der Waals surface area contributed by atoms with Crippen molar-refractivity contribution in [2.45, 2.75) is 25.0 Å². The van der Waals surface area contributed by atoms with Gasteiger partial charge in [-0.1, -0.05) is 0 Å². The van der Waals surface area contributed by atoms with Crippen LogP contribution in [0.25, 0.3) is 0 Å². The summed E-state index contributed by atoms with van der Waals surface area (Å²) >= 11 is 0. The smallest absolute Gasteiger partial charge is 0.238 e. The van der Waals surface area contributed by atoms with Crippen molar-refractivity contribution in [1.82, 2.24) is 15.3 Å². The molecule has 0 saturated carbocycles. The van der Waals surface area contributed by atoms with Crippen LogP contribution in [0.15, 0.2) is 12.4 Å². The normalized spacial score (nSPS) is 22.7. The zero-order valence-electron chi connectivity index (χ0n) is 8.68. The number of aliphatic hydroxyl groups excluding tert-OH is 1. The molecule has 2 N–H and O–H groups in total. The Morgan fingerprint density at radius 3 is 3.00 bits per heavy atom. The van der Waals surface area contributed by atoms with Gasteiger partial charge in [0.25, 0.3) is 0 Å². The molecule has 0 spiro atoms. The molecule has 2 heterocycles. The lowest BCUT2D eigenvalue weighted by Crippen LogP contribution is -2.29. The van der Waals surface area contributed by atoms with Crippen molar-refractivity contribution in [3.63, 3.8) is 0 Å². The minimum atomic E-state index is -0.642. The third kappa shape index (κ3) is 2.08. The Morgan fingerprint density at radius 2 is 2.33 bits per heavy atom. The molecule has 0 amide bonds. The van der Waals surface area contributed by atoms with Crippen LogP contribution in [0.1, 0.15) is 24.6 Å². The SMILES string of the molecule is COc1nccnc1C(O)C1CCCN1. The van der Waals surface area contributed by atoms with Gasteiger partial charge in [0.1, 0.15) is 11.8 Å². The molecule has 1 aromatic rings. The molecule has 1 aliphatic rings. The van der Waals surface area contributed by atoms with Gasteiger partial charge < -0.3 is 15.2 Å². The first-order chi connectivity index (χ1) is 7.33. The molecule has 5 heteroatoms. The van der Waals surface area contributed by atoms with Gasteiger partial charge in [-0.2, -0.15) is 0 Å². The molecule has 1 aromatic heterocycles. The van der Waals surface area contributed by atoms with E-state index in [0.717, 1.165) is 19.4 Å². The molecular weight excluding hydrogens is 194 g/mol. The van der Waals surface area contributed by atoms with E-state index in [1.807, 2.05) is 0 Å². The highest BCUT2D eigenvalue weighted by atomic mass is 16.5. The second kappa shape index (κ2) is 4.55. The van der Waals surface area contributed by atoms with Crippen LogP contribution in [0.2, 0.25) is 0 Å². The summed E-state index contributed by atoms with van der Waals surface area (Å²) in [4.78, 5) is 8.13. The lowest BCUT2D eigenvalue weighted by molar-refractivity contribution is 0.128. The summed E-state index contributed by atoms with van der Waals surface area (Å²) in [6, 6.07) is 0.0654. The van der Waals surface area contributed by atoms with E-state index < -0.39 is 6.10 Å². The minimum absolute atomic E-state index is 0.0654. The second-order valence-electron chi connectivity index (χ2n) is 3.60. The molecule has 0 aromatic carbocycles. The summed E-state index contributed by atoms with van der Waals surface area (Å²) in [5.74, 6) is 0.402. The number of aromatic nitrogens is 2. The molecular formula is C10H15N3O2. The molecule has 1 fully saturated rings. The Morgan fingerprint density at radius 1 is 1.53 bits per heavy atom. The third-order valence-electron chi connectivity index (χ3n) is 2.64. The molecule has 0 bridgehead atoms. The van der Waals surface area contributed by atoms with Crippen molar-refractivity contribution in [3.05, 3.63) is 18.1 Å². The van der Waals surface area contributed by atoms with Gasteiger partial charge in [0, 0.05) is 18.4 Å². The van der Waals surface area contributed by atoms with E-state index in [4.69, 9.17) is 4.74 Å². The minimum Gasteiger partial charge on any atom is -0.480 e. The van der Waals surface area contributed by atoms with Gasteiger partial charge in [-0.25, -0.2) is 4.98 Å². The molecule has 5 nitrogen and oxygen atoms in total. The summed E-state index contributed by atoms with van der Waals surface area (Å²) in [7, 11) is 1.53. The highest BCUT2D eigenvalue weighted by Crippen LogP contribution is 2.26. The molecule has 2 atom stereocenters. The average molecular weight is 209 g/mol. The van der Waals surface area contributed by atoms with Crippen molar-refractivity contribution in [1.29, 1.82) is 0 Å². The average Bonchev–Trinajstić information content (AvgIpc) is 2.81. The van der Waals surface area contributed by atoms with Crippen LogP contribution >= 0.6 is 0 Å². The van der Waals surface area contributed by atoms with Crippen LogP contribution in [0.3, 0.4) is 0 Å². The number of nitrogens with one attached hydrogen (secondary N) is 1. The Hall–Kier alpha value is -1.20. The monoisotopic (exact) mass is 209 g/mol.